The molecule has 1 aliphatic rings. The number of rotatable bonds is 5. The molecule has 1 heterocycles. The lowest BCUT2D eigenvalue weighted by Gasteiger charge is -2.24. The topological polar surface area (TPSA) is 83.9 Å². The molecule has 0 amide bonds. The van der Waals surface area contributed by atoms with Gasteiger partial charge in [-0.2, -0.15) is 4.31 Å². The number of aryl methyl sites for hydroxylation is 1. The first kappa shape index (κ1) is 18.9. The van der Waals surface area contributed by atoms with E-state index in [2.05, 4.69) is 0 Å². The number of carbonyl (C=O) groups excluding carboxylic acids is 1. The maximum Gasteiger partial charge on any atom is 0.327 e. The standard InChI is InChI=1S/C17H25NO5S/c1-5-23-17(20)15-16(19)14(11(2)3)10-18(15)24(21,22)13-8-6-12(4)7-9-13/h6-9,11,14-16,19H,5,10H2,1-4H3. The minimum absolute atomic E-state index is 0.0372. The normalized spacial score (nSPS) is 25.2. The second kappa shape index (κ2) is 7.21. The van der Waals surface area contributed by atoms with Gasteiger partial charge in [0.15, 0.2) is 0 Å². The molecule has 1 aliphatic heterocycles. The summed E-state index contributed by atoms with van der Waals surface area (Å²) < 4.78 is 32.1. The van der Waals surface area contributed by atoms with Crippen LogP contribution in [0.3, 0.4) is 0 Å². The zero-order chi connectivity index (χ0) is 18.1. The number of aliphatic hydroxyl groups is 1. The first-order valence-corrected chi connectivity index (χ1v) is 9.57. The summed E-state index contributed by atoms with van der Waals surface area (Å²) in [5, 5.41) is 10.5. The molecule has 1 fully saturated rings. The van der Waals surface area contributed by atoms with Crippen molar-refractivity contribution < 1.29 is 23.1 Å². The van der Waals surface area contributed by atoms with Crippen LogP contribution in [0.5, 0.6) is 0 Å². The third-order valence-corrected chi connectivity index (χ3v) is 6.34. The first-order chi connectivity index (χ1) is 11.2. The van der Waals surface area contributed by atoms with Crippen molar-refractivity contribution in [1.82, 2.24) is 4.31 Å². The van der Waals surface area contributed by atoms with Crippen LogP contribution in [0, 0.1) is 18.8 Å². The van der Waals surface area contributed by atoms with Gasteiger partial charge in [0.1, 0.15) is 6.04 Å². The fraction of sp³-hybridized carbons (Fsp3) is 0.588. The van der Waals surface area contributed by atoms with Crippen LogP contribution in [0.15, 0.2) is 29.2 Å². The fourth-order valence-corrected chi connectivity index (χ4v) is 4.65. The molecule has 6 nitrogen and oxygen atoms in total. The summed E-state index contributed by atoms with van der Waals surface area (Å²) in [6.45, 7) is 7.55. The molecule has 3 atom stereocenters. The molecule has 134 valence electrons. The molecule has 0 aliphatic carbocycles. The SMILES string of the molecule is CCOC(=O)C1C(O)C(C(C)C)CN1S(=O)(=O)c1ccc(C)cc1. The van der Waals surface area contributed by atoms with E-state index in [9.17, 15) is 18.3 Å². The summed E-state index contributed by atoms with van der Waals surface area (Å²) in [6.07, 6.45) is -1.08. The van der Waals surface area contributed by atoms with Crippen molar-refractivity contribution in [2.75, 3.05) is 13.2 Å². The van der Waals surface area contributed by atoms with Crippen molar-refractivity contribution in [3.8, 4) is 0 Å². The Labute approximate surface area is 143 Å². The highest BCUT2D eigenvalue weighted by atomic mass is 32.2. The van der Waals surface area contributed by atoms with Crippen LogP contribution < -0.4 is 0 Å². The van der Waals surface area contributed by atoms with Crippen molar-refractivity contribution in [2.45, 2.75) is 44.7 Å². The zero-order valence-corrected chi connectivity index (χ0v) is 15.3. The van der Waals surface area contributed by atoms with Gasteiger partial charge in [-0.05, 0) is 31.9 Å². The molecule has 2 rings (SSSR count). The van der Waals surface area contributed by atoms with Crippen LogP contribution in [0.2, 0.25) is 0 Å². The molecule has 24 heavy (non-hydrogen) atoms. The smallest absolute Gasteiger partial charge is 0.327 e. The summed E-state index contributed by atoms with van der Waals surface area (Å²) in [7, 11) is -3.89. The predicted molar refractivity (Wildman–Crippen MR) is 89.8 cm³/mol. The third-order valence-electron chi connectivity index (χ3n) is 4.48. The van der Waals surface area contributed by atoms with Crippen LogP contribution in [0.1, 0.15) is 26.3 Å². The Hall–Kier alpha value is -1.44. The van der Waals surface area contributed by atoms with E-state index in [4.69, 9.17) is 4.74 Å². The summed E-state index contributed by atoms with van der Waals surface area (Å²) in [5.74, 6) is -0.987. The average Bonchev–Trinajstić information content (AvgIpc) is 2.86. The highest BCUT2D eigenvalue weighted by Crippen LogP contribution is 2.34. The predicted octanol–water partition coefficient (Wildman–Crippen LogP) is 1.56. The van der Waals surface area contributed by atoms with E-state index in [1.54, 1.807) is 19.1 Å². The molecule has 3 unspecified atom stereocenters. The third kappa shape index (κ3) is 3.48. The number of carbonyl (C=O) groups is 1. The van der Waals surface area contributed by atoms with E-state index in [-0.39, 0.29) is 29.9 Å². The van der Waals surface area contributed by atoms with Crippen LogP contribution in [-0.2, 0) is 19.6 Å². The van der Waals surface area contributed by atoms with Crippen molar-refractivity contribution >= 4 is 16.0 Å². The Morgan fingerprint density at radius 1 is 1.33 bits per heavy atom. The monoisotopic (exact) mass is 355 g/mol. The van der Waals surface area contributed by atoms with Crippen molar-refractivity contribution in [3.63, 3.8) is 0 Å². The highest BCUT2D eigenvalue weighted by molar-refractivity contribution is 7.89. The Bertz CT molecular complexity index is 683. The van der Waals surface area contributed by atoms with E-state index >= 15 is 0 Å². The van der Waals surface area contributed by atoms with E-state index in [0.29, 0.717) is 0 Å². The Morgan fingerprint density at radius 2 is 1.92 bits per heavy atom. The van der Waals surface area contributed by atoms with Crippen LogP contribution in [0.4, 0.5) is 0 Å². The Morgan fingerprint density at radius 3 is 2.42 bits per heavy atom. The lowest BCUT2D eigenvalue weighted by molar-refractivity contribution is -0.149. The molecule has 0 radical (unpaired) electrons. The number of nitrogens with zero attached hydrogens (tertiary/aromatic N) is 1. The number of esters is 1. The van der Waals surface area contributed by atoms with Gasteiger partial charge in [-0.25, -0.2) is 8.42 Å². The average molecular weight is 355 g/mol. The van der Waals surface area contributed by atoms with E-state index in [1.807, 2.05) is 20.8 Å². The van der Waals surface area contributed by atoms with Gasteiger partial charge in [0.25, 0.3) is 0 Å². The fourth-order valence-electron chi connectivity index (χ4n) is 3.02. The molecular weight excluding hydrogens is 330 g/mol. The number of aliphatic hydroxyl groups excluding tert-OH is 1. The minimum Gasteiger partial charge on any atom is -0.465 e. The van der Waals surface area contributed by atoms with Gasteiger partial charge in [-0.3, -0.25) is 4.79 Å². The van der Waals surface area contributed by atoms with Crippen molar-refractivity contribution in [3.05, 3.63) is 29.8 Å². The van der Waals surface area contributed by atoms with Gasteiger partial charge in [-0.15, -0.1) is 0 Å². The maximum absolute atomic E-state index is 13.0. The van der Waals surface area contributed by atoms with Gasteiger partial charge in [0.05, 0.1) is 17.6 Å². The zero-order valence-electron chi connectivity index (χ0n) is 14.5. The molecule has 1 aromatic rings. The Balaban J connectivity index is 2.43. The van der Waals surface area contributed by atoms with E-state index in [0.717, 1.165) is 9.87 Å². The van der Waals surface area contributed by atoms with Crippen molar-refractivity contribution in [1.29, 1.82) is 0 Å². The van der Waals surface area contributed by atoms with Crippen LogP contribution >= 0.6 is 0 Å². The molecule has 7 heteroatoms. The summed E-state index contributed by atoms with van der Waals surface area (Å²) in [4.78, 5) is 12.4. The van der Waals surface area contributed by atoms with Gasteiger partial charge < -0.3 is 9.84 Å². The number of ether oxygens (including phenoxy) is 1. The van der Waals surface area contributed by atoms with Gasteiger partial charge in [0, 0.05) is 12.5 Å². The van der Waals surface area contributed by atoms with Crippen LogP contribution in [0.25, 0.3) is 0 Å². The Kier molecular flexibility index (Phi) is 5.67. The molecule has 0 aromatic heterocycles. The number of benzene rings is 1. The summed E-state index contributed by atoms with van der Waals surface area (Å²) >= 11 is 0. The number of sulfonamides is 1. The van der Waals surface area contributed by atoms with Gasteiger partial charge >= 0.3 is 5.97 Å². The summed E-state index contributed by atoms with van der Waals surface area (Å²) in [5.41, 5.74) is 0.942. The molecule has 0 spiro atoms. The maximum atomic E-state index is 13.0. The highest BCUT2D eigenvalue weighted by Gasteiger charge is 2.51. The van der Waals surface area contributed by atoms with E-state index < -0.39 is 28.1 Å². The molecule has 0 saturated carbocycles. The second-order valence-electron chi connectivity index (χ2n) is 6.48. The van der Waals surface area contributed by atoms with E-state index in [1.165, 1.54) is 12.1 Å². The largest absolute Gasteiger partial charge is 0.465 e. The number of hydrogen-bond donors (Lipinski definition) is 1. The lowest BCUT2D eigenvalue weighted by Crippen LogP contribution is -2.46. The van der Waals surface area contributed by atoms with Gasteiger partial charge in [-0.1, -0.05) is 31.5 Å². The molecule has 1 saturated heterocycles. The minimum atomic E-state index is -3.89. The number of hydrogen-bond acceptors (Lipinski definition) is 5. The first-order valence-electron chi connectivity index (χ1n) is 8.13. The molecule has 1 aromatic carbocycles. The van der Waals surface area contributed by atoms with Crippen LogP contribution in [-0.4, -0.2) is 49.1 Å². The molecule has 1 N–H and O–H groups in total. The lowest BCUT2D eigenvalue weighted by atomic mass is 9.91. The van der Waals surface area contributed by atoms with Crippen molar-refractivity contribution in [2.24, 2.45) is 11.8 Å². The molecule has 0 bridgehead atoms. The van der Waals surface area contributed by atoms with Gasteiger partial charge in [0.2, 0.25) is 10.0 Å². The second-order valence-corrected chi connectivity index (χ2v) is 8.37. The quantitative estimate of drug-likeness (QED) is 0.811. The molecular formula is C17H25NO5S. The summed E-state index contributed by atoms with van der Waals surface area (Å²) in [6, 6.07) is 5.24.